The Hall–Kier alpha value is -1.30. The first kappa shape index (κ1) is 12.8. The average Bonchev–Trinajstić information content (AvgIpc) is 2.29. The van der Waals surface area contributed by atoms with E-state index in [1.54, 1.807) is 0 Å². The third-order valence-corrected chi connectivity index (χ3v) is 2.02. The van der Waals surface area contributed by atoms with Crippen molar-refractivity contribution in [2.75, 3.05) is 20.3 Å². The quantitative estimate of drug-likeness (QED) is 0.373. The van der Waals surface area contributed by atoms with Crippen LogP contribution < -0.4 is 4.89 Å². The van der Waals surface area contributed by atoms with Crippen molar-refractivity contribution in [3.05, 3.63) is 28.8 Å². The van der Waals surface area contributed by atoms with Crippen LogP contribution in [0.5, 0.6) is 5.75 Å². The zero-order valence-corrected chi connectivity index (χ0v) is 9.36. The highest BCUT2D eigenvalue weighted by atomic mass is 35.5. The fourth-order valence-electron chi connectivity index (χ4n) is 1.04. The topological polar surface area (TPSA) is 65.0 Å². The molecule has 6 heteroatoms. The van der Waals surface area contributed by atoms with Crippen molar-refractivity contribution in [3.8, 4) is 5.75 Å². The van der Waals surface area contributed by atoms with Gasteiger partial charge in [0.2, 0.25) is 0 Å². The molecule has 1 N–H and O–H groups in total. The molecule has 0 fully saturated rings. The van der Waals surface area contributed by atoms with Gasteiger partial charge in [-0.05, 0) is 12.1 Å². The fraction of sp³-hybridized carbons (Fsp3) is 0.300. The SMILES string of the molecule is COCCOC(=O)c1ccc(Cl)cc1OO. The molecule has 0 atom stereocenters. The second-order valence-electron chi connectivity index (χ2n) is 2.86. The summed E-state index contributed by atoms with van der Waals surface area (Å²) in [5, 5.41) is 8.92. The summed E-state index contributed by atoms with van der Waals surface area (Å²) in [4.78, 5) is 15.5. The van der Waals surface area contributed by atoms with Crippen LogP contribution in [0, 0.1) is 0 Å². The third kappa shape index (κ3) is 3.37. The number of hydrogen-bond donors (Lipinski definition) is 1. The maximum absolute atomic E-state index is 11.5. The van der Waals surface area contributed by atoms with Gasteiger partial charge in [0.15, 0.2) is 5.75 Å². The number of methoxy groups -OCH3 is 1. The average molecular weight is 247 g/mol. The van der Waals surface area contributed by atoms with Crippen LogP contribution in [-0.2, 0) is 9.47 Å². The van der Waals surface area contributed by atoms with Gasteiger partial charge in [0.25, 0.3) is 0 Å². The fourth-order valence-corrected chi connectivity index (χ4v) is 1.20. The molecule has 5 nitrogen and oxygen atoms in total. The molecule has 0 amide bonds. The van der Waals surface area contributed by atoms with Crippen molar-refractivity contribution in [2.45, 2.75) is 0 Å². The van der Waals surface area contributed by atoms with Gasteiger partial charge in [-0.3, -0.25) is 0 Å². The molecule has 0 aliphatic rings. The summed E-state index contributed by atoms with van der Waals surface area (Å²) in [5.41, 5.74) is 0.100. The van der Waals surface area contributed by atoms with Gasteiger partial charge in [-0.25, -0.2) is 10.1 Å². The van der Waals surface area contributed by atoms with Gasteiger partial charge in [0, 0.05) is 18.2 Å². The Bertz CT molecular complexity index is 366. The van der Waals surface area contributed by atoms with Crippen LogP contribution >= 0.6 is 11.6 Å². The Morgan fingerprint density at radius 2 is 2.19 bits per heavy atom. The maximum Gasteiger partial charge on any atom is 0.342 e. The van der Waals surface area contributed by atoms with E-state index >= 15 is 0 Å². The highest BCUT2D eigenvalue weighted by Gasteiger charge is 2.14. The number of hydrogen-bond acceptors (Lipinski definition) is 5. The summed E-state index contributed by atoms with van der Waals surface area (Å²) < 4.78 is 9.58. The largest absolute Gasteiger partial charge is 0.460 e. The van der Waals surface area contributed by atoms with E-state index in [4.69, 9.17) is 26.3 Å². The monoisotopic (exact) mass is 246 g/mol. The highest BCUT2D eigenvalue weighted by Crippen LogP contribution is 2.23. The van der Waals surface area contributed by atoms with Crippen molar-refractivity contribution in [1.29, 1.82) is 0 Å². The molecule has 0 saturated carbocycles. The molecule has 1 aromatic rings. The molecule has 1 rings (SSSR count). The molecule has 0 heterocycles. The predicted molar refractivity (Wildman–Crippen MR) is 56.9 cm³/mol. The summed E-state index contributed by atoms with van der Waals surface area (Å²) in [5.74, 6) is -0.660. The minimum absolute atomic E-state index is 0.0464. The van der Waals surface area contributed by atoms with Crippen LogP contribution in [0.1, 0.15) is 10.4 Å². The normalized spacial score (nSPS) is 9.94. The van der Waals surface area contributed by atoms with Crippen molar-refractivity contribution < 1.29 is 24.4 Å². The second kappa shape index (κ2) is 6.32. The molecule has 0 spiro atoms. The minimum Gasteiger partial charge on any atom is -0.460 e. The molecule has 1 aromatic carbocycles. The minimum atomic E-state index is -0.613. The van der Waals surface area contributed by atoms with Gasteiger partial charge >= 0.3 is 5.97 Å². The predicted octanol–water partition coefficient (Wildman–Crippen LogP) is 2.00. The number of benzene rings is 1. The molecule has 0 saturated heterocycles. The van der Waals surface area contributed by atoms with Gasteiger partial charge < -0.3 is 14.4 Å². The van der Waals surface area contributed by atoms with Crippen LogP contribution in [0.25, 0.3) is 0 Å². The molecule has 0 radical (unpaired) electrons. The van der Waals surface area contributed by atoms with E-state index in [2.05, 4.69) is 4.89 Å². The molecule has 0 aromatic heterocycles. The van der Waals surface area contributed by atoms with Crippen LogP contribution in [0.3, 0.4) is 0 Å². The summed E-state index contributed by atoms with van der Waals surface area (Å²) in [6.45, 7) is 0.428. The zero-order valence-electron chi connectivity index (χ0n) is 8.60. The van der Waals surface area contributed by atoms with Crippen LogP contribution in [-0.4, -0.2) is 31.6 Å². The van der Waals surface area contributed by atoms with Gasteiger partial charge in [-0.2, -0.15) is 0 Å². The lowest BCUT2D eigenvalue weighted by molar-refractivity contribution is -0.138. The number of rotatable bonds is 5. The number of carbonyl (C=O) groups excluding carboxylic acids is 1. The first-order valence-electron chi connectivity index (χ1n) is 4.46. The van der Waals surface area contributed by atoms with Crippen molar-refractivity contribution >= 4 is 17.6 Å². The van der Waals surface area contributed by atoms with Crippen molar-refractivity contribution in [3.63, 3.8) is 0 Å². The van der Waals surface area contributed by atoms with Crippen molar-refractivity contribution in [1.82, 2.24) is 0 Å². The van der Waals surface area contributed by atoms with Gasteiger partial charge in [-0.1, -0.05) is 11.6 Å². The van der Waals surface area contributed by atoms with Crippen LogP contribution in [0.2, 0.25) is 5.02 Å². The molecule has 88 valence electrons. The smallest absolute Gasteiger partial charge is 0.342 e. The van der Waals surface area contributed by atoms with E-state index < -0.39 is 5.97 Å². The summed E-state index contributed by atoms with van der Waals surface area (Å²) in [7, 11) is 1.50. The third-order valence-electron chi connectivity index (χ3n) is 1.78. The number of esters is 1. The molecule has 0 unspecified atom stereocenters. The van der Waals surface area contributed by atoms with E-state index in [9.17, 15) is 4.79 Å². The van der Waals surface area contributed by atoms with E-state index in [1.807, 2.05) is 0 Å². The lowest BCUT2D eigenvalue weighted by Gasteiger charge is -2.07. The Morgan fingerprint density at radius 3 is 2.81 bits per heavy atom. The lowest BCUT2D eigenvalue weighted by atomic mass is 10.2. The molecule has 0 bridgehead atoms. The number of halogens is 1. The van der Waals surface area contributed by atoms with Gasteiger partial charge in [0.05, 0.1) is 6.61 Å². The number of ether oxygens (including phenoxy) is 2. The Balaban J connectivity index is 2.74. The van der Waals surface area contributed by atoms with Gasteiger partial charge in [-0.15, -0.1) is 0 Å². The van der Waals surface area contributed by atoms with E-state index in [1.165, 1.54) is 25.3 Å². The van der Waals surface area contributed by atoms with E-state index in [0.717, 1.165) is 0 Å². The standard InChI is InChI=1S/C10H11ClO5/c1-14-4-5-15-10(12)8-3-2-7(11)6-9(8)16-13/h2-3,6,13H,4-5H2,1H3. The molecule has 16 heavy (non-hydrogen) atoms. The van der Waals surface area contributed by atoms with E-state index in [0.29, 0.717) is 11.6 Å². The second-order valence-corrected chi connectivity index (χ2v) is 3.30. The Labute approximate surface area is 97.4 Å². The molecular weight excluding hydrogens is 236 g/mol. The first-order valence-corrected chi connectivity index (χ1v) is 4.84. The summed E-state index contributed by atoms with van der Waals surface area (Å²) in [6.07, 6.45) is 0. The lowest BCUT2D eigenvalue weighted by Crippen LogP contribution is -2.11. The van der Waals surface area contributed by atoms with Crippen molar-refractivity contribution in [2.24, 2.45) is 0 Å². The Kier molecular flexibility index (Phi) is 5.04. The van der Waals surface area contributed by atoms with E-state index in [-0.39, 0.29) is 17.9 Å². The molecular formula is C10H11ClO5. The Morgan fingerprint density at radius 1 is 1.44 bits per heavy atom. The highest BCUT2D eigenvalue weighted by molar-refractivity contribution is 6.30. The summed E-state index contributed by atoms with van der Waals surface area (Å²) in [6, 6.07) is 4.22. The summed E-state index contributed by atoms with van der Waals surface area (Å²) >= 11 is 5.66. The van der Waals surface area contributed by atoms with Crippen LogP contribution in [0.4, 0.5) is 0 Å². The first-order chi connectivity index (χ1) is 7.69. The van der Waals surface area contributed by atoms with Crippen LogP contribution in [0.15, 0.2) is 18.2 Å². The molecule has 0 aliphatic heterocycles. The zero-order chi connectivity index (χ0) is 12.0. The molecule has 0 aliphatic carbocycles. The maximum atomic E-state index is 11.5. The number of carbonyl (C=O) groups is 1. The van der Waals surface area contributed by atoms with Gasteiger partial charge in [0.1, 0.15) is 12.2 Å².